The van der Waals surface area contributed by atoms with Crippen LogP contribution in [0.3, 0.4) is 0 Å². The largest absolute Gasteiger partial charge is 0.357 e. The molecular formula is C23H45IN6O. The van der Waals surface area contributed by atoms with Gasteiger partial charge in [-0.25, -0.2) is 0 Å². The molecule has 2 aliphatic heterocycles. The number of nitrogens with one attached hydrogen (secondary N) is 2. The monoisotopic (exact) mass is 548 g/mol. The summed E-state index contributed by atoms with van der Waals surface area (Å²) < 4.78 is 0. The number of nitrogens with zero attached hydrogens (tertiary/aromatic N) is 4. The topological polar surface area (TPSA) is 63.2 Å². The number of carbonyl (C=O) groups excluding carboxylic acids is 1. The lowest BCUT2D eigenvalue weighted by Crippen LogP contribution is -2.47. The lowest BCUT2D eigenvalue weighted by atomic mass is 9.88. The maximum absolute atomic E-state index is 12.8. The lowest BCUT2D eigenvalue weighted by Gasteiger charge is -2.33. The van der Waals surface area contributed by atoms with Gasteiger partial charge in [0.1, 0.15) is 0 Å². The van der Waals surface area contributed by atoms with Gasteiger partial charge in [0.15, 0.2) is 5.96 Å². The predicted octanol–water partition coefficient (Wildman–Crippen LogP) is 2.22. The maximum Gasteiger partial charge on any atom is 0.225 e. The first-order valence-electron chi connectivity index (χ1n) is 12.3. The number of likely N-dealkylation sites (N-methyl/N-ethyl adjacent to an activating group) is 1. The zero-order valence-corrected chi connectivity index (χ0v) is 22.3. The van der Waals surface area contributed by atoms with E-state index < -0.39 is 0 Å². The summed E-state index contributed by atoms with van der Waals surface area (Å²) >= 11 is 0. The fraction of sp³-hybridized carbons (Fsp3) is 0.913. The second-order valence-electron chi connectivity index (χ2n) is 9.68. The number of likely N-dealkylation sites (tertiary alicyclic amines) is 1. The maximum atomic E-state index is 12.8. The van der Waals surface area contributed by atoms with Crippen LogP contribution in [0.1, 0.15) is 52.4 Å². The van der Waals surface area contributed by atoms with Crippen LogP contribution in [0.25, 0.3) is 0 Å². The van der Waals surface area contributed by atoms with Crippen molar-refractivity contribution < 1.29 is 4.79 Å². The molecule has 180 valence electrons. The molecule has 0 aromatic rings. The van der Waals surface area contributed by atoms with Gasteiger partial charge in [-0.2, -0.15) is 0 Å². The first-order chi connectivity index (χ1) is 14.5. The summed E-state index contributed by atoms with van der Waals surface area (Å²) in [7, 11) is 2.20. The number of rotatable bonds is 7. The van der Waals surface area contributed by atoms with Crippen molar-refractivity contribution in [2.75, 3.05) is 66.0 Å². The van der Waals surface area contributed by atoms with E-state index in [2.05, 4.69) is 46.2 Å². The summed E-state index contributed by atoms with van der Waals surface area (Å²) in [4.78, 5) is 24.7. The van der Waals surface area contributed by atoms with Crippen LogP contribution >= 0.6 is 24.0 Å². The van der Waals surface area contributed by atoms with Gasteiger partial charge < -0.3 is 25.3 Å². The summed E-state index contributed by atoms with van der Waals surface area (Å²) in [5.74, 6) is 2.10. The van der Waals surface area contributed by atoms with E-state index >= 15 is 0 Å². The number of halogens is 1. The van der Waals surface area contributed by atoms with Gasteiger partial charge in [0.05, 0.1) is 0 Å². The third kappa shape index (κ3) is 8.68. The van der Waals surface area contributed by atoms with Crippen LogP contribution in [-0.2, 0) is 4.79 Å². The van der Waals surface area contributed by atoms with Gasteiger partial charge in [0.25, 0.3) is 0 Å². The molecule has 3 rings (SSSR count). The molecule has 2 saturated heterocycles. The Labute approximate surface area is 206 Å². The summed E-state index contributed by atoms with van der Waals surface area (Å²) in [6.45, 7) is 13.6. The molecule has 3 aliphatic rings. The van der Waals surface area contributed by atoms with Crippen molar-refractivity contribution in [3.63, 3.8) is 0 Å². The van der Waals surface area contributed by atoms with Crippen molar-refractivity contribution in [1.29, 1.82) is 0 Å². The fourth-order valence-electron chi connectivity index (χ4n) is 4.98. The van der Waals surface area contributed by atoms with E-state index in [0.29, 0.717) is 17.9 Å². The highest BCUT2D eigenvalue weighted by atomic mass is 127. The molecule has 1 aliphatic carbocycles. The van der Waals surface area contributed by atoms with Crippen LogP contribution in [0.2, 0.25) is 0 Å². The van der Waals surface area contributed by atoms with Gasteiger partial charge in [-0.3, -0.25) is 9.79 Å². The number of guanidine groups is 1. The quantitative estimate of drug-likeness (QED) is 0.290. The van der Waals surface area contributed by atoms with Crippen LogP contribution in [0, 0.1) is 11.8 Å². The first-order valence-corrected chi connectivity index (χ1v) is 12.3. The molecule has 2 heterocycles. The second kappa shape index (κ2) is 13.8. The molecule has 7 nitrogen and oxygen atoms in total. The van der Waals surface area contributed by atoms with Crippen molar-refractivity contribution in [3.8, 4) is 0 Å². The summed E-state index contributed by atoms with van der Waals surface area (Å²) in [5, 5.41) is 6.99. The third-order valence-corrected chi connectivity index (χ3v) is 6.87. The highest BCUT2D eigenvalue weighted by Gasteiger charge is 2.31. The van der Waals surface area contributed by atoms with Gasteiger partial charge in [0, 0.05) is 70.9 Å². The normalized spacial score (nSPS) is 25.2. The van der Waals surface area contributed by atoms with E-state index in [0.717, 1.165) is 84.1 Å². The van der Waals surface area contributed by atoms with Crippen LogP contribution in [0.5, 0.6) is 0 Å². The lowest BCUT2D eigenvalue weighted by molar-refractivity contribution is -0.135. The van der Waals surface area contributed by atoms with Gasteiger partial charge in [-0.15, -0.1) is 24.0 Å². The Bertz CT molecular complexity index is 560. The Balaban J connectivity index is 0.00000341. The molecule has 2 unspecified atom stereocenters. The zero-order valence-electron chi connectivity index (χ0n) is 19.9. The number of piperazine rings is 1. The van der Waals surface area contributed by atoms with E-state index in [4.69, 9.17) is 4.99 Å². The van der Waals surface area contributed by atoms with Crippen LogP contribution in [0.15, 0.2) is 4.99 Å². The van der Waals surface area contributed by atoms with Crippen molar-refractivity contribution in [1.82, 2.24) is 25.3 Å². The summed E-state index contributed by atoms with van der Waals surface area (Å²) in [6.07, 6.45) is 6.92. The summed E-state index contributed by atoms with van der Waals surface area (Å²) in [6, 6.07) is 0.309. The molecule has 0 bridgehead atoms. The Morgan fingerprint density at radius 2 is 1.77 bits per heavy atom. The molecule has 31 heavy (non-hydrogen) atoms. The average molecular weight is 549 g/mol. The second-order valence-corrected chi connectivity index (χ2v) is 9.68. The summed E-state index contributed by atoms with van der Waals surface area (Å²) in [5.41, 5.74) is 0. The molecule has 0 radical (unpaired) electrons. The van der Waals surface area contributed by atoms with Gasteiger partial charge in [0.2, 0.25) is 5.91 Å². The van der Waals surface area contributed by atoms with Crippen LogP contribution in [0.4, 0.5) is 0 Å². The fourth-order valence-corrected chi connectivity index (χ4v) is 4.98. The molecule has 2 N–H and O–H groups in total. The van der Waals surface area contributed by atoms with E-state index in [-0.39, 0.29) is 29.9 Å². The Morgan fingerprint density at radius 1 is 1.06 bits per heavy atom. The minimum Gasteiger partial charge on any atom is -0.357 e. The van der Waals surface area contributed by atoms with E-state index in [1.807, 2.05) is 0 Å². The first kappa shape index (κ1) is 26.6. The number of carbonyl (C=O) groups is 1. The minimum atomic E-state index is 0. The molecule has 0 aromatic heterocycles. The van der Waals surface area contributed by atoms with Gasteiger partial charge in [-0.05, 0) is 39.2 Å². The SMILES string of the molecule is CCNC(=NCC(C)CN1CCN(C)CC1)NC1CCN(C(=O)C2CCCCC2)C1.I. The Morgan fingerprint density at radius 3 is 2.45 bits per heavy atom. The molecule has 8 heteroatoms. The van der Waals surface area contributed by atoms with Crippen LogP contribution in [-0.4, -0.2) is 98.6 Å². The van der Waals surface area contributed by atoms with Crippen molar-refractivity contribution in [3.05, 3.63) is 0 Å². The highest BCUT2D eigenvalue weighted by Crippen LogP contribution is 2.26. The molecular weight excluding hydrogens is 503 g/mol. The predicted molar refractivity (Wildman–Crippen MR) is 139 cm³/mol. The van der Waals surface area contributed by atoms with E-state index in [9.17, 15) is 4.79 Å². The van der Waals surface area contributed by atoms with Gasteiger partial charge >= 0.3 is 0 Å². The smallest absolute Gasteiger partial charge is 0.225 e. The third-order valence-electron chi connectivity index (χ3n) is 6.87. The number of aliphatic imine (C=N–C) groups is 1. The molecule has 0 aromatic carbocycles. The van der Waals surface area contributed by atoms with Crippen LogP contribution < -0.4 is 10.6 Å². The number of amides is 1. The highest BCUT2D eigenvalue weighted by molar-refractivity contribution is 14.0. The van der Waals surface area contributed by atoms with Gasteiger partial charge in [-0.1, -0.05) is 26.2 Å². The Hall–Kier alpha value is -0.610. The van der Waals surface area contributed by atoms with E-state index in [1.165, 1.54) is 19.3 Å². The Kier molecular flexibility index (Phi) is 11.9. The van der Waals surface area contributed by atoms with E-state index in [1.54, 1.807) is 0 Å². The standard InChI is InChI=1S/C23H44N6O.HI/c1-4-24-23(25-16-19(2)17-28-14-12-27(3)13-15-28)26-21-10-11-29(18-21)22(30)20-8-6-5-7-9-20;/h19-21H,4-18H2,1-3H3,(H2,24,25,26);1H. The minimum absolute atomic E-state index is 0. The number of hydrogen-bond acceptors (Lipinski definition) is 4. The molecule has 1 saturated carbocycles. The van der Waals surface area contributed by atoms with Crippen molar-refractivity contribution >= 4 is 35.8 Å². The average Bonchev–Trinajstić information content (AvgIpc) is 3.22. The molecule has 3 fully saturated rings. The molecule has 1 amide bonds. The number of hydrogen-bond donors (Lipinski definition) is 2. The zero-order chi connectivity index (χ0) is 21.3. The van der Waals surface area contributed by atoms with Crippen molar-refractivity contribution in [2.24, 2.45) is 16.8 Å². The molecule has 2 atom stereocenters. The molecule has 0 spiro atoms. The van der Waals surface area contributed by atoms with Crippen molar-refractivity contribution in [2.45, 2.75) is 58.4 Å².